The predicted molar refractivity (Wildman–Crippen MR) is 88.6 cm³/mol. The Bertz CT molecular complexity index is 733. The Balaban J connectivity index is 2.43. The lowest BCUT2D eigenvalue weighted by Gasteiger charge is -2.13. The van der Waals surface area contributed by atoms with Crippen molar-refractivity contribution < 1.29 is 8.42 Å². The van der Waals surface area contributed by atoms with E-state index in [-0.39, 0.29) is 4.90 Å². The number of halogens is 2. The molecule has 7 heteroatoms. The second kappa shape index (κ2) is 6.15. The van der Waals surface area contributed by atoms with Crippen LogP contribution in [0.3, 0.4) is 0 Å². The molecule has 2 aromatic rings. The molecule has 0 aliphatic rings. The first-order valence-corrected chi connectivity index (χ1v) is 8.75. The summed E-state index contributed by atoms with van der Waals surface area (Å²) in [5.74, 6) is 0. The van der Waals surface area contributed by atoms with E-state index in [0.29, 0.717) is 15.8 Å². The van der Waals surface area contributed by atoms with Crippen LogP contribution < -0.4 is 10.0 Å². The van der Waals surface area contributed by atoms with Gasteiger partial charge in [0.1, 0.15) is 4.90 Å². The van der Waals surface area contributed by atoms with Gasteiger partial charge in [0.05, 0.1) is 11.4 Å². The first kappa shape index (κ1) is 15.3. The average Bonchev–Trinajstić information content (AvgIpc) is 2.42. The number of hydrogen-bond acceptors (Lipinski definition) is 3. The van der Waals surface area contributed by atoms with Crippen LogP contribution in [-0.4, -0.2) is 15.5 Å². The van der Waals surface area contributed by atoms with Gasteiger partial charge in [0, 0.05) is 16.0 Å². The van der Waals surface area contributed by atoms with Gasteiger partial charge in [-0.1, -0.05) is 28.1 Å². The van der Waals surface area contributed by atoms with Crippen LogP contribution in [0.5, 0.6) is 0 Å². The Morgan fingerprint density at radius 1 is 1.00 bits per heavy atom. The molecule has 0 saturated heterocycles. The highest BCUT2D eigenvalue weighted by Crippen LogP contribution is 2.29. The molecule has 106 valence electrons. The second-order valence-electron chi connectivity index (χ2n) is 3.98. The zero-order valence-electron chi connectivity index (χ0n) is 10.5. The molecule has 0 saturated carbocycles. The van der Waals surface area contributed by atoms with Crippen LogP contribution in [0.2, 0.25) is 0 Å². The predicted octanol–water partition coefficient (Wildman–Crippen LogP) is 4.05. The van der Waals surface area contributed by atoms with E-state index in [4.69, 9.17) is 0 Å². The van der Waals surface area contributed by atoms with Crippen LogP contribution in [-0.2, 0) is 10.0 Å². The van der Waals surface area contributed by atoms with Crippen LogP contribution in [0.4, 0.5) is 11.4 Å². The van der Waals surface area contributed by atoms with Gasteiger partial charge in [-0.05, 0) is 46.3 Å². The van der Waals surface area contributed by atoms with Gasteiger partial charge in [0.2, 0.25) is 0 Å². The van der Waals surface area contributed by atoms with Crippen molar-refractivity contribution in [1.29, 1.82) is 0 Å². The van der Waals surface area contributed by atoms with Gasteiger partial charge < -0.3 is 5.32 Å². The van der Waals surface area contributed by atoms with Gasteiger partial charge in [-0.15, -0.1) is 0 Å². The van der Waals surface area contributed by atoms with Crippen molar-refractivity contribution in [1.82, 2.24) is 0 Å². The standard InChI is InChI=1S/C13H12Br2N2O2S/c1-16-11-4-2-3-5-13(11)20(18,19)17-12-8-9(14)6-7-10(12)15/h2-8,16-17H,1H3. The highest BCUT2D eigenvalue weighted by Gasteiger charge is 2.19. The third-order valence-corrected chi connectivity index (χ3v) is 5.23. The SMILES string of the molecule is CNc1ccccc1S(=O)(=O)Nc1cc(Br)ccc1Br. The van der Waals surface area contributed by atoms with Crippen LogP contribution in [0.15, 0.2) is 56.3 Å². The molecule has 20 heavy (non-hydrogen) atoms. The van der Waals surface area contributed by atoms with E-state index in [1.807, 2.05) is 6.07 Å². The fourth-order valence-corrected chi connectivity index (χ4v) is 3.81. The third kappa shape index (κ3) is 3.34. The molecule has 4 nitrogen and oxygen atoms in total. The molecule has 0 aromatic heterocycles. The normalized spacial score (nSPS) is 11.2. The van der Waals surface area contributed by atoms with E-state index < -0.39 is 10.0 Å². The molecule has 0 radical (unpaired) electrons. The quantitative estimate of drug-likeness (QED) is 0.785. The van der Waals surface area contributed by atoms with Crippen molar-refractivity contribution >= 4 is 53.3 Å². The molecule has 0 aliphatic heterocycles. The highest BCUT2D eigenvalue weighted by molar-refractivity contribution is 9.11. The maximum Gasteiger partial charge on any atom is 0.263 e. The Hall–Kier alpha value is -1.05. The minimum absolute atomic E-state index is 0.203. The number of para-hydroxylation sites is 1. The number of rotatable bonds is 4. The number of benzene rings is 2. The van der Waals surface area contributed by atoms with E-state index in [1.165, 1.54) is 0 Å². The number of anilines is 2. The zero-order valence-corrected chi connectivity index (χ0v) is 14.5. The van der Waals surface area contributed by atoms with Gasteiger partial charge in [-0.25, -0.2) is 8.42 Å². The number of hydrogen-bond donors (Lipinski definition) is 2. The van der Waals surface area contributed by atoms with E-state index in [2.05, 4.69) is 41.9 Å². The number of sulfonamides is 1. The first-order valence-electron chi connectivity index (χ1n) is 5.68. The highest BCUT2D eigenvalue weighted by atomic mass is 79.9. The van der Waals surface area contributed by atoms with Crippen molar-refractivity contribution in [3.8, 4) is 0 Å². The lowest BCUT2D eigenvalue weighted by molar-refractivity contribution is 0.601. The van der Waals surface area contributed by atoms with Gasteiger partial charge in [0.25, 0.3) is 10.0 Å². The molecule has 0 amide bonds. The van der Waals surface area contributed by atoms with Gasteiger partial charge in [-0.3, -0.25) is 4.72 Å². The van der Waals surface area contributed by atoms with E-state index >= 15 is 0 Å². The Labute approximate surface area is 134 Å². The van der Waals surface area contributed by atoms with E-state index in [9.17, 15) is 8.42 Å². The summed E-state index contributed by atoms with van der Waals surface area (Å²) in [5.41, 5.74) is 1.02. The Kier molecular flexibility index (Phi) is 4.72. The average molecular weight is 420 g/mol. The number of nitrogens with one attached hydrogen (secondary N) is 2. The van der Waals surface area contributed by atoms with Crippen molar-refractivity contribution in [3.05, 3.63) is 51.4 Å². The fourth-order valence-electron chi connectivity index (χ4n) is 1.68. The molecule has 0 unspecified atom stereocenters. The first-order chi connectivity index (χ1) is 9.44. The van der Waals surface area contributed by atoms with Crippen molar-refractivity contribution in [3.63, 3.8) is 0 Å². The maximum atomic E-state index is 12.5. The van der Waals surface area contributed by atoms with Gasteiger partial charge >= 0.3 is 0 Å². The van der Waals surface area contributed by atoms with Crippen molar-refractivity contribution in [2.45, 2.75) is 4.90 Å². The molecule has 2 N–H and O–H groups in total. The molecule has 0 aliphatic carbocycles. The van der Waals surface area contributed by atoms with E-state index in [0.717, 1.165) is 4.47 Å². The smallest absolute Gasteiger partial charge is 0.263 e. The Morgan fingerprint density at radius 3 is 2.40 bits per heavy atom. The lowest BCUT2D eigenvalue weighted by Crippen LogP contribution is -2.15. The summed E-state index contributed by atoms with van der Waals surface area (Å²) in [4.78, 5) is 0.203. The maximum absolute atomic E-state index is 12.5. The molecular weight excluding hydrogens is 408 g/mol. The molecule has 0 spiro atoms. The molecule has 0 bridgehead atoms. The minimum Gasteiger partial charge on any atom is -0.387 e. The largest absolute Gasteiger partial charge is 0.387 e. The molecule has 2 aromatic carbocycles. The lowest BCUT2D eigenvalue weighted by atomic mass is 10.3. The fraction of sp³-hybridized carbons (Fsp3) is 0.0769. The summed E-state index contributed by atoms with van der Waals surface area (Å²) in [6.45, 7) is 0. The summed E-state index contributed by atoms with van der Waals surface area (Å²) in [6.07, 6.45) is 0. The molecular formula is C13H12Br2N2O2S. The zero-order chi connectivity index (χ0) is 14.8. The van der Waals surface area contributed by atoms with Crippen LogP contribution in [0.25, 0.3) is 0 Å². The van der Waals surface area contributed by atoms with Gasteiger partial charge in [0.15, 0.2) is 0 Å². The van der Waals surface area contributed by atoms with Crippen LogP contribution in [0.1, 0.15) is 0 Å². The van der Waals surface area contributed by atoms with Crippen molar-refractivity contribution in [2.75, 3.05) is 17.1 Å². The summed E-state index contributed by atoms with van der Waals surface area (Å²) < 4.78 is 29.0. The van der Waals surface area contributed by atoms with Crippen LogP contribution >= 0.6 is 31.9 Å². The third-order valence-electron chi connectivity index (χ3n) is 2.62. The summed E-state index contributed by atoms with van der Waals surface area (Å²) in [5, 5.41) is 2.87. The summed E-state index contributed by atoms with van der Waals surface area (Å²) in [7, 11) is -1.97. The summed E-state index contributed by atoms with van der Waals surface area (Å²) >= 11 is 6.65. The molecule has 0 heterocycles. The Morgan fingerprint density at radius 2 is 1.70 bits per heavy atom. The molecule has 2 rings (SSSR count). The van der Waals surface area contributed by atoms with Gasteiger partial charge in [-0.2, -0.15) is 0 Å². The monoisotopic (exact) mass is 418 g/mol. The van der Waals surface area contributed by atoms with Crippen LogP contribution in [0, 0.1) is 0 Å². The van der Waals surface area contributed by atoms with Crippen molar-refractivity contribution in [2.24, 2.45) is 0 Å². The minimum atomic E-state index is -3.66. The molecule has 0 atom stereocenters. The molecule has 0 fully saturated rings. The topological polar surface area (TPSA) is 58.2 Å². The summed E-state index contributed by atoms with van der Waals surface area (Å²) in [6, 6.07) is 12.0. The van der Waals surface area contributed by atoms with E-state index in [1.54, 1.807) is 43.4 Å². The second-order valence-corrected chi connectivity index (χ2v) is 7.40.